The van der Waals surface area contributed by atoms with E-state index >= 15 is 0 Å². The molecular weight excluding hydrogens is 341 g/mol. The molecule has 1 saturated heterocycles. The molecule has 0 bridgehead atoms. The van der Waals surface area contributed by atoms with Crippen LogP contribution in [-0.4, -0.2) is 50.3 Å². The Morgan fingerprint density at radius 2 is 2.00 bits per heavy atom. The van der Waals surface area contributed by atoms with E-state index in [1.54, 1.807) is 13.8 Å². The van der Waals surface area contributed by atoms with Crippen molar-refractivity contribution in [2.45, 2.75) is 26.0 Å². The Balaban J connectivity index is 2.16. The third-order valence-electron chi connectivity index (χ3n) is 3.44. The number of ether oxygens (including phenoxy) is 1. The number of anilines is 1. The molecule has 10 heteroatoms. The van der Waals surface area contributed by atoms with Gasteiger partial charge in [0.1, 0.15) is 5.82 Å². The van der Waals surface area contributed by atoms with Gasteiger partial charge in [-0.1, -0.05) is 0 Å². The number of nitrogens with one attached hydrogen (secondary N) is 2. The molecule has 8 nitrogen and oxygen atoms in total. The second-order valence-electron chi connectivity index (χ2n) is 5.55. The van der Waals surface area contributed by atoms with Crippen LogP contribution in [0.5, 0.6) is 0 Å². The molecule has 0 spiro atoms. The molecule has 1 aromatic rings. The standard InChI is InChI=1S/C14H18FN3O5S/c1-8(2)18(3)24(21,22)17-13(19)9-4-5-10(15)11(6-9)16-14(20)12-7-23-12/h4-6,8,12H,7H2,1-3H3,(H,16,20)(H,17,19). The fraction of sp³-hybridized carbons (Fsp3) is 0.429. The predicted octanol–water partition coefficient (Wildman–Crippen LogP) is 0.478. The van der Waals surface area contributed by atoms with E-state index < -0.39 is 33.9 Å². The minimum absolute atomic E-state index is 0.107. The van der Waals surface area contributed by atoms with E-state index in [4.69, 9.17) is 4.74 Å². The zero-order chi connectivity index (χ0) is 18.1. The molecule has 0 aromatic heterocycles. The Bertz CT molecular complexity index is 762. The van der Waals surface area contributed by atoms with Crippen LogP contribution in [0, 0.1) is 5.82 Å². The molecule has 1 aliphatic rings. The topological polar surface area (TPSA) is 108 Å². The number of carbonyl (C=O) groups excluding carboxylic acids is 2. The van der Waals surface area contributed by atoms with Crippen LogP contribution in [0.4, 0.5) is 10.1 Å². The summed E-state index contributed by atoms with van der Waals surface area (Å²) in [7, 11) is -2.70. The highest BCUT2D eigenvalue weighted by atomic mass is 32.2. The monoisotopic (exact) mass is 359 g/mol. The van der Waals surface area contributed by atoms with E-state index in [0.29, 0.717) is 0 Å². The largest absolute Gasteiger partial charge is 0.363 e. The summed E-state index contributed by atoms with van der Waals surface area (Å²) in [6.07, 6.45) is -0.623. The lowest BCUT2D eigenvalue weighted by molar-refractivity contribution is -0.117. The molecule has 24 heavy (non-hydrogen) atoms. The van der Waals surface area contributed by atoms with Crippen LogP contribution in [0.15, 0.2) is 18.2 Å². The average Bonchev–Trinajstić information content (AvgIpc) is 3.32. The van der Waals surface area contributed by atoms with Crippen molar-refractivity contribution in [3.05, 3.63) is 29.6 Å². The van der Waals surface area contributed by atoms with Crippen molar-refractivity contribution in [3.63, 3.8) is 0 Å². The summed E-state index contributed by atoms with van der Waals surface area (Å²) in [6, 6.07) is 2.81. The molecule has 132 valence electrons. The van der Waals surface area contributed by atoms with Crippen LogP contribution < -0.4 is 10.0 Å². The molecule has 1 fully saturated rings. The third kappa shape index (κ3) is 4.28. The summed E-state index contributed by atoms with van der Waals surface area (Å²) in [5, 5.41) is 2.29. The van der Waals surface area contributed by atoms with Gasteiger partial charge in [0.25, 0.3) is 11.8 Å². The Kier molecular flexibility index (Phi) is 5.21. The van der Waals surface area contributed by atoms with Gasteiger partial charge in [-0.15, -0.1) is 0 Å². The molecule has 1 heterocycles. The summed E-state index contributed by atoms with van der Waals surface area (Å²) in [5.41, 5.74) is -0.332. The highest BCUT2D eigenvalue weighted by Crippen LogP contribution is 2.19. The summed E-state index contributed by atoms with van der Waals surface area (Å²) < 4.78 is 45.4. The van der Waals surface area contributed by atoms with Crippen molar-refractivity contribution < 1.29 is 27.1 Å². The highest BCUT2D eigenvalue weighted by Gasteiger charge is 2.32. The third-order valence-corrected chi connectivity index (χ3v) is 5.06. The van der Waals surface area contributed by atoms with Gasteiger partial charge >= 0.3 is 10.2 Å². The first-order valence-electron chi connectivity index (χ1n) is 7.14. The van der Waals surface area contributed by atoms with Gasteiger partial charge in [-0.2, -0.15) is 12.7 Å². The van der Waals surface area contributed by atoms with Gasteiger partial charge in [-0.05, 0) is 32.0 Å². The molecule has 1 unspecified atom stereocenters. The van der Waals surface area contributed by atoms with Gasteiger partial charge in [0.05, 0.1) is 12.3 Å². The zero-order valence-electron chi connectivity index (χ0n) is 13.4. The lowest BCUT2D eigenvalue weighted by atomic mass is 10.2. The summed E-state index contributed by atoms with van der Waals surface area (Å²) in [6.45, 7) is 3.55. The van der Waals surface area contributed by atoms with Gasteiger partial charge in [0, 0.05) is 18.7 Å². The maximum atomic E-state index is 13.7. The quantitative estimate of drug-likeness (QED) is 0.718. The number of halogens is 1. The number of amides is 2. The summed E-state index contributed by atoms with van der Waals surface area (Å²) in [5.74, 6) is -2.21. The van der Waals surface area contributed by atoms with Crippen molar-refractivity contribution >= 4 is 27.7 Å². The number of rotatable bonds is 6. The first-order valence-corrected chi connectivity index (χ1v) is 8.58. The lowest BCUT2D eigenvalue weighted by Crippen LogP contribution is -2.44. The number of hydrogen-bond donors (Lipinski definition) is 2. The van der Waals surface area contributed by atoms with Crippen molar-refractivity contribution in [1.29, 1.82) is 0 Å². The van der Waals surface area contributed by atoms with Crippen molar-refractivity contribution in [3.8, 4) is 0 Å². The minimum Gasteiger partial charge on any atom is -0.363 e. The Hall–Kier alpha value is -2.04. The fourth-order valence-corrected chi connectivity index (χ4v) is 2.75. The summed E-state index contributed by atoms with van der Waals surface area (Å²) in [4.78, 5) is 23.7. The van der Waals surface area contributed by atoms with Crippen LogP contribution in [-0.2, 0) is 19.7 Å². The number of nitrogens with zero attached hydrogens (tertiary/aromatic N) is 1. The molecule has 1 aliphatic heterocycles. The number of carbonyl (C=O) groups is 2. The van der Waals surface area contributed by atoms with E-state index in [2.05, 4.69) is 5.32 Å². The van der Waals surface area contributed by atoms with Crippen molar-refractivity contribution in [1.82, 2.24) is 9.03 Å². The highest BCUT2D eigenvalue weighted by molar-refractivity contribution is 7.87. The molecule has 0 saturated carbocycles. The first-order chi connectivity index (χ1) is 11.1. The number of epoxide rings is 1. The normalized spacial score (nSPS) is 17.0. The Morgan fingerprint density at radius 3 is 2.54 bits per heavy atom. The van der Waals surface area contributed by atoms with Crippen LogP contribution >= 0.6 is 0 Å². The van der Waals surface area contributed by atoms with Crippen molar-refractivity contribution in [2.75, 3.05) is 19.0 Å². The zero-order valence-corrected chi connectivity index (χ0v) is 14.2. The van der Waals surface area contributed by atoms with E-state index in [0.717, 1.165) is 22.5 Å². The molecule has 1 atom stereocenters. The second-order valence-corrected chi connectivity index (χ2v) is 7.28. The lowest BCUT2D eigenvalue weighted by Gasteiger charge is -2.21. The molecule has 0 aliphatic carbocycles. The van der Waals surface area contributed by atoms with Gasteiger partial charge < -0.3 is 10.1 Å². The Morgan fingerprint density at radius 1 is 1.38 bits per heavy atom. The molecule has 2 rings (SSSR count). The smallest absolute Gasteiger partial charge is 0.304 e. The predicted molar refractivity (Wildman–Crippen MR) is 84.1 cm³/mol. The van der Waals surface area contributed by atoms with Gasteiger partial charge in [-0.3, -0.25) is 9.59 Å². The van der Waals surface area contributed by atoms with E-state index in [-0.39, 0.29) is 23.9 Å². The molecule has 1 aromatic carbocycles. The van der Waals surface area contributed by atoms with E-state index in [1.165, 1.54) is 7.05 Å². The van der Waals surface area contributed by atoms with Gasteiger partial charge in [-0.25, -0.2) is 9.11 Å². The van der Waals surface area contributed by atoms with E-state index in [1.807, 2.05) is 4.72 Å². The maximum Gasteiger partial charge on any atom is 0.304 e. The average molecular weight is 359 g/mol. The van der Waals surface area contributed by atoms with Crippen LogP contribution in [0.2, 0.25) is 0 Å². The van der Waals surface area contributed by atoms with Crippen LogP contribution in [0.25, 0.3) is 0 Å². The van der Waals surface area contributed by atoms with Crippen LogP contribution in [0.1, 0.15) is 24.2 Å². The first kappa shape index (κ1) is 18.3. The van der Waals surface area contributed by atoms with Gasteiger partial charge in [0.15, 0.2) is 6.10 Å². The van der Waals surface area contributed by atoms with Gasteiger partial charge in [0.2, 0.25) is 0 Å². The summed E-state index contributed by atoms with van der Waals surface area (Å²) >= 11 is 0. The van der Waals surface area contributed by atoms with Crippen molar-refractivity contribution in [2.24, 2.45) is 0 Å². The minimum atomic E-state index is -4.02. The van der Waals surface area contributed by atoms with E-state index in [9.17, 15) is 22.4 Å². The number of hydrogen-bond acceptors (Lipinski definition) is 5. The molecule has 0 radical (unpaired) electrons. The SMILES string of the molecule is CC(C)N(C)S(=O)(=O)NC(=O)c1ccc(F)c(NC(=O)C2CO2)c1. The maximum absolute atomic E-state index is 13.7. The molecular formula is C14H18FN3O5S. The second kappa shape index (κ2) is 6.83. The van der Waals surface area contributed by atoms with Crippen LogP contribution in [0.3, 0.4) is 0 Å². The Labute approximate surface area is 139 Å². The fourth-order valence-electron chi connectivity index (χ4n) is 1.70. The molecule has 2 N–H and O–H groups in total. The molecule has 2 amide bonds. The number of benzene rings is 1.